The number of allylic oxidation sites excluding steroid dienone is 2. The van der Waals surface area contributed by atoms with Crippen molar-refractivity contribution >= 4 is 17.8 Å². The summed E-state index contributed by atoms with van der Waals surface area (Å²) in [6.45, 7) is 1.45. The average Bonchev–Trinajstić information content (AvgIpc) is 3.55. The van der Waals surface area contributed by atoms with Gasteiger partial charge in [-0.2, -0.15) is 0 Å². The molecule has 7 heteroatoms. The van der Waals surface area contributed by atoms with Crippen LogP contribution < -0.4 is 0 Å². The number of aliphatic hydroxyl groups is 1. The molecular formula is C28H38N2O5. The Kier molecular flexibility index (Phi) is 8.96. The molecule has 3 aliphatic heterocycles. The summed E-state index contributed by atoms with van der Waals surface area (Å²) < 4.78 is 5.77. The fourth-order valence-electron chi connectivity index (χ4n) is 5.66. The maximum absolute atomic E-state index is 13.5. The average molecular weight is 483 g/mol. The number of hydrogen-bond donors (Lipinski definition) is 1. The monoisotopic (exact) mass is 482 g/mol. The summed E-state index contributed by atoms with van der Waals surface area (Å²) in [5.74, 6) is -0.937. The molecule has 2 saturated heterocycles. The van der Waals surface area contributed by atoms with Gasteiger partial charge in [0.05, 0.1) is 30.5 Å². The molecule has 1 aromatic rings. The third-order valence-corrected chi connectivity index (χ3v) is 7.68. The Labute approximate surface area is 208 Å². The summed E-state index contributed by atoms with van der Waals surface area (Å²) in [7, 11) is 0. The summed E-state index contributed by atoms with van der Waals surface area (Å²) in [4.78, 5) is 43.2. The van der Waals surface area contributed by atoms with Crippen LogP contribution in [0.4, 0.5) is 0 Å². The zero-order valence-electron chi connectivity index (χ0n) is 20.5. The fourth-order valence-corrected chi connectivity index (χ4v) is 5.66. The smallest absolute Gasteiger partial charge is 0.309 e. The number of cyclic esters (lactones) is 1. The first kappa shape index (κ1) is 25.4. The Balaban J connectivity index is 1.47. The van der Waals surface area contributed by atoms with Crippen molar-refractivity contribution in [1.82, 2.24) is 9.80 Å². The van der Waals surface area contributed by atoms with Crippen molar-refractivity contribution in [2.24, 2.45) is 11.8 Å². The van der Waals surface area contributed by atoms with E-state index in [1.165, 1.54) is 0 Å². The van der Waals surface area contributed by atoms with Crippen LogP contribution in [0.15, 0.2) is 42.5 Å². The third kappa shape index (κ3) is 6.51. The molecule has 1 aromatic carbocycles. The molecule has 0 saturated carbocycles. The number of rotatable bonds is 5. The Morgan fingerprint density at radius 2 is 1.80 bits per heavy atom. The number of benzene rings is 1. The second-order valence-corrected chi connectivity index (χ2v) is 10.1. The lowest BCUT2D eigenvalue weighted by Crippen LogP contribution is -2.44. The molecule has 2 fully saturated rings. The SMILES string of the molecule is O=C1OC[C@@H]2CCCN2C(=O)[C@@H](CC(=O)N2CCC[C@H]2CO)CC=CCC[C@@H]1Cc1ccccc1. The molecule has 3 heterocycles. The highest BCUT2D eigenvalue weighted by atomic mass is 16.5. The van der Waals surface area contributed by atoms with Crippen molar-refractivity contribution in [3.8, 4) is 0 Å². The minimum atomic E-state index is -0.434. The van der Waals surface area contributed by atoms with Crippen molar-refractivity contribution in [2.75, 3.05) is 26.3 Å². The molecule has 0 unspecified atom stereocenters. The van der Waals surface area contributed by atoms with Crippen LogP contribution in [0.1, 0.15) is 56.9 Å². The van der Waals surface area contributed by atoms with E-state index in [9.17, 15) is 19.5 Å². The predicted octanol–water partition coefficient (Wildman–Crippen LogP) is 3.11. The first-order valence-corrected chi connectivity index (χ1v) is 13.1. The number of likely N-dealkylation sites (tertiary alicyclic amines) is 1. The highest BCUT2D eigenvalue weighted by Gasteiger charge is 2.37. The number of carbonyl (C=O) groups is 3. The number of hydrogen-bond acceptors (Lipinski definition) is 5. The van der Waals surface area contributed by atoms with Crippen molar-refractivity contribution in [3.05, 3.63) is 48.0 Å². The molecule has 35 heavy (non-hydrogen) atoms. The lowest BCUT2D eigenvalue weighted by atomic mass is 9.94. The van der Waals surface area contributed by atoms with Crippen LogP contribution in [0.2, 0.25) is 0 Å². The number of fused-ring (bicyclic) bond motifs is 1. The van der Waals surface area contributed by atoms with Gasteiger partial charge in [0.1, 0.15) is 6.61 Å². The van der Waals surface area contributed by atoms with Crippen LogP contribution in [-0.4, -0.2) is 71.1 Å². The van der Waals surface area contributed by atoms with Gasteiger partial charge in [0.25, 0.3) is 0 Å². The van der Waals surface area contributed by atoms with E-state index >= 15 is 0 Å². The van der Waals surface area contributed by atoms with E-state index < -0.39 is 5.92 Å². The molecule has 0 aromatic heterocycles. The van der Waals surface area contributed by atoms with Crippen LogP contribution in [0.25, 0.3) is 0 Å². The third-order valence-electron chi connectivity index (χ3n) is 7.68. The van der Waals surface area contributed by atoms with Crippen LogP contribution in [0.5, 0.6) is 0 Å². The first-order valence-electron chi connectivity index (χ1n) is 13.1. The summed E-state index contributed by atoms with van der Waals surface area (Å²) in [6, 6.07) is 9.72. The van der Waals surface area contributed by atoms with Crippen molar-refractivity contribution in [1.29, 1.82) is 0 Å². The maximum Gasteiger partial charge on any atom is 0.309 e. The topological polar surface area (TPSA) is 87.2 Å². The standard InChI is InChI=1S/C28H38N2O5/c31-19-24-13-7-15-29(24)26(32)18-22-11-5-2-6-12-23(17-21-9-3-1-4-10-21)28(34)35-20-25-14-8-16-30(25)27(22)33/h1-5,9-10,22-25,31H,6-8,11-20H2/t22-,23-,24+,25+/m1/s1. The summed E-state index contributed by atoms with van der Waals surface area (Å²) in [6.07, 6.45) is 10.1. The normalized spacial score (nSPS) is 28.1. The number of nitrogens with zero attached hydrogens (tertiary/aromatic N) is 2. The summed E-state index contributed by atoms with van der Waals surface area (Å²) >= 11 is 0. The van der Waals surface area contributed by atoms with E-state index in [-0.39, 0.29) is 55.4 Å². The Morgan fingerprint density at radius 3 is 2.60 bits per heavy atom. The van der Waals surface area contributed by atoms with Crippen LogP contribution >= 0.6 is 0 Å². The quantitative estimate of drug-likeness (QED) is 0.515. The molecule has 4 atom stereocenters. The minimum Gasteiger partial charge on any atom is -0.463 e. The lowest BCUT2D eigenvalue weighted by Gasteiger charge is -2.30. The van der Waals surface area contributed by atoms with Crippen LogP contribution in [-0.2, 0) is 25.5 Å². The number of aliphatic hydroxyl groups excluding tert-OH is 1. The molecular weight excluding hydrogens is 444 g/mol. The van der Waals surface area contributed by atoms with Gasteiger partial charge < -0.3 is 19.6 Å². The molecule has 190 valence electrons. The molecule has 0 bridgehead atoms. The van der Waals surface area contributed by atoms with Crippen LogP contribution in [0.3, 0.4) is 0 Å². The molecule has 0 spiro atoms. The summed E-state index contributed by atoms with van der Waals surface area (Å²) in [5.41, 5.74) is 1.11. The van der Waals surface area contributed by atoms with Crippen molar-refractivity contribution in [2.45, 2.75) is 69.9 Å². The van der Waals surface area contributed by atoms with Gasteiger partial charge in [-0.25, -0.2) is 0 Å². The van der Waals surface area contributed by atoms with E-state index in [1.807, 2.05) is 47.4 Å². The van der Waals surface area contributed by atoms with Crippen molar-refractivity contribution in [3.63, 3.8) is 0 Å². The van der Waals surface area contributed by atoms with Crippen LogP contribution in [0, 0.1) is 11.8 Å². The molecule has 0 aliphatic carbocycles. The first-order chi connectivity index (χ1) is 17.1. The lowest BCUT2D eigenvalue weighted by molar-refractivity contribution is -0.152. The molecule has 3 aliphatic rings. The zero-order valence-corrected chi connectivity index (χ0v) is 20.5. The largest absolute Gasteiger partial charge is 0.463 e. The van der Waals surface area contributed by atoms with Gasteiger partial charge in [-0.05, 0) is 56.9 Å². The van der Waals surface area contributed by atoms with Gasteiger partial charge in [-0.3, -0.25) is 14.4 Å². The molecule has 2 amide bonds. The van der Waals surface area contributed by atoms with Gasteiger partial charge in [0, 0.05) is 19.5 Å². The highest BCUT2D eigenvalue weighted by molar-refractivity contribution is 5.86. The second-order valence-electron chi connectivity index (χ2n) is 10.1. The number of esters is 1. The van der Waals surface area contributed by atoms with E-state index in [0.29, 0.717) is 38.8 Å². The van der Waals surface area contributed by atoms with Gasteiger partial charge in [-0.1, -0.05) is 42.5 Å². The molecule has 4 rings (SSSR count). The maximum atomic E-state index is 13.5. The van der Waals surface area contributed by atoms with E-state index in [4.69, 9.17) is 4.74 Å². The minimum absolute atomic E-state index is 0.0265. The highest BCUT2D eigenvalue weighted by Crippen LogP contribution is 2.27. The van der Waals surface area contributed by atoms with Crippen molar-refractivity contribution < 1.29 is 24.2 Å². The molecule has 0 radical (unpaired) electrons. The number of carbonyl (C=O) groups excluding carboxylic acids is 3. The molecule has 7 nitrogen and oxygen atoms in total. The van der Waals surface area contributed by atoms with E-state index in [2.05, 4.69) is 0 Å². The van der Waals surface area contributed by atoms with E-state index in [0.717, 1.165) is 31.2 Å². The Bertz CT molecular complexity index is 902. The van der Waals surface area contributed by atoms with Gasteiger partial charge >= 0.3 is 5.97 Å². The Morgan fingerprint density at radius 1 is 1.00 bits per heavy atom. The zero-order chi connectivity index (χ0) is 24.6. The Hall–Kier alpha value is -2.67. The molecule has 1 N–H and O–H groups in total. The second kappa shape index (κ2) is 12.3. The summed E-state index contributed by atoms with van der Waals surface area (Å²) in [5, 5.41) is 9.62. The fraction of sp³-hybridized carbons (Fsp3) is 0.607. The predicted molar refractivity (Wildman–Crippen MR) is 132 cm³/mol. The number of amides is 2. The van der Waals surface area contributed by atoms with E-state index in [1.54, 1.807) is 4.90 Å². The number of ether oxygens (including phenoxy) is 1. The van der Waals surface area contributed by atoms with Gasteiger partial charge in [0.2, 0.25) is 11.8 Å². The van der Waals surface area contributed by atoms with Gasteiger partial charge in [-0.15, -0.1) is 0 Å². The van der Waals surface area contributed by atoms with Gasteiger partial charge in [0.15, 0.2) is 0 Å².